The smallest absolute Gasteiger partial charge is 0.241 e. The number of carbonyl (C=O) groups is 1. The summed E-state index contributed by atoms with van der Waals surface area (Å²) >= 11 is 1.55. The predicted octanol–water partition coefficient (Wildman–Crippen LogP) is 3.53. The molecular weight excluding hydrogens is 394 g/mol. The van der Waals surface area contributed by atoms with E-state index < -0.39 is 21.7 Å². The quantitative estimate of drug-likeness (QED) is 0.708. The minimum absolute atomic E-state index is 0.395. The maximum absolute atomic E-state index is 12.5. The summed E-state index contributed by atoms with van der Waals surface area (Å²) in [5.74, 6) is -0.951. The van der Waals surface area contributed by atoms with E-state index in [0.29, 0.717) is 18.8 Å². The Bertz CT molecular complexity index is 859. The number of hydrogen-bond acceptors (Lipinski definition) is 5. The second-order valence-corrected chi connectivity index (χ2v) is 9.70. The number of anilines is 2. The molecule has 1 aromatic carbocycles. The van der Waals surface area contributed by atoms with Crippen LogP contribution in [0, 0.1) is 0 Å². The molecule has 1 aliphatic rings. The van der Waals surface area contributed by atoms with E-state index in [-0.39, 0.29) is 0 Å². The molecule has 1 amide bonds. The fourth-order valence-electron chi connectivity index (χ4n) is 3.33. The van der Waals surface area contributed by atoms with Gasteiger partial charge in [-0.25, -0.2) is 8.42 Å². The molecule has 0 bridgehead atoms. The molecule has 8 heteroatoms. The molecule has 0 radical (unpaired) electrons. The van der Waals surface area contributed by atoms with Gasteiger partial charge in [0.05, 0.1) is 6.54 Å². The Balaban J connectivity index is 1.58. The molecule has 2 aromatic rings. The minimum Gasteiger partial charge on any atom is -0.372 e. The van der Waals surface area contributed by atoms with Crippen LogP contribution in [0.5, 0.6) is 0 Å². The zero-order chi connectivity index (χ0) is 20.0. The molecular formula is C20H27N3O3S2. The van der Waals surface area contributed by atoms with Crippen molar-refractivity contribution in [3.05, 3.63) is 46.7 Å². The number of thiophene rings is 1. The van der Waals surface area contributed by atoms with E-state index in [2.05, 4.69) is 9.62 Å². The first-order valence-electron chi connectivity index (χ1n) is 9.62. The highest BCUT2D eigenvalue weighted by Crippen LogP contribution is 2.22. The van der Waals surface area contributed by atoms with Crippen molar-refractivity contribution in [2.45, 2.75) is 32.7 Å². The number of benzene rings is 1. The van der Waals surface area contributed by atoms with Gasteiger partial charge in [0.25, 0.3) is 0 Å². The van der Waals surface area contributed by atoms with Gasteiger partial charge in [0.1, 0.15) is 5.75 Å². The van der Waals surface area contributed by atoms with Crippen molar-refractivity contribution in [3.8, 4) is 0 Å². The normalized spacial score (nSPS) is 14.7. The van der Waals surface area contributed by atoms with Gasteiger partial charge in [0.2, 0.25) is 15.9 Å². The van der Waals surface area contributed by atoms with Crippen LogP contribution in [0.2, 0.25) is 0 Å². The summed E-state index contributed by atoms with van der Waals surface area (Å²) < 4.78 is 27.4. The lowest BCUT2D eigenvalue weighted by atomic mass is 10.1. The van der Waals surface area contributed by atoms with E-state index in [1.165, 1.54) is 19.3 Å². The lowest BCUT2D eigenvalue weighted by Crippen LogP contribution is -2.36. The average Bonchev–Trinajstić information content (AvgIpc) is 3.20. The van der Waals surface area contributed by atoms with Gasteiger partial charge in [-0.1, -0.05) is 6.07 Å². The summed E-state index contributed by atoms with van der Waals surface area (Å²) in [5.41, 5.74) is 1.58. The Morgan fingerprint density at radius 2 is 1.86 bits per heavy atom. The van der Waals surface area contributed by atoms with E-state index in [0.717, 1.165) is 23.7 Å². The minimum atomic E-state index is -3.76. The molecule has 0 spiro atoms. The van der Waals surface area contributed by atoms with Crippen molar-refractivity contribution >= 4 is 38.6 Å². The predicted molar refractivity (Wildman–Crippen MR) is 115 cm³/mol. The van der Waals surface area contributed by atoms with Crippen molar-refractivity contribution in [1.82, 2.24) is 4.90 Å². The first kappa shape index (κ1) is 20.7. The third kappa shape index (κ3) is 5.72. The molecule has 28 heavy (non-hydrogen) atoms. The van der Waals surface area contributed by atoms with Crippen LogP contribution in [-0.2, 0) is 21.4 Å². The molecule has 2 heterocycles. The number of nitrogens with one attached hydrogen (secondary N) is 1. The molecule has 1 aromatic heterocycles. The second-order valence-electron chi connectivity index (χ2n) is 6.94. The monoisotopic (exact) mass is 421 g/mol. The molecule has 1 fully saturated rings. The average molecular weight is 422 g/mol. The second kappa shape index (κ2) is 9.43. The number of sulfonamides is 1. The largest absolute Gasteiger partial charge is 0.372 e. The third-order valence-corrected chi connectivity index (χ3v) is 6.87. The number of nitrogens with zero attached hydrogens (tertiary/aromatic N) is 2. The van der Waals surface area contributed by atoms with Gasteiger partial charge in [0, 0.05) is 35.9 Å². The first-order valence-corrected chi connectivity index (χ1v) is 12.2. The fourth-order valence-corrected chi connectivity index (χ4v) is 5.12. The van der Waals surface area contributed by atoms with Gasteiger partial charge in [-0.3, -0.25) is 9.52 Å². The summed E-state index contributed by atoms with van der Waals surface area (Å²) in [6.07, 6.45) is 3.65. The Morgan fingerprint density at radius 3 is 2.46 bits per heavy atom. The van der Waals surface area contributed by atoms with Crippen LogP contribution >= 0.6 is 11.3 Å². The maximum Gasteiger partial charge on any atom is 0.241 e. The molecule has 3 rings (SSSR count). The molecule has 0 atom stereocenters. The SMILES string of the molecule is CCN(Cc1cccs1)C(=O)CS(=O)(=O)Nc1ccc(N2CCCCC2)cc1. The number of carbonyl (C=O) groups excluding carboxylic acids is 1. The Hall–Kier alpha value is -2.06. The van der Waals surface area contributed by atoms with Crippen LogP contribution < -0.4 is 9.62 Å². The highest BCUT2D eigenvalue weighted by atomic mass is 32.2. The molecule has 0 unspecified atom stereocenters. The highest BCUT2D eigenvalue weighted by Gasteiger charge is 2.21. The van der Waals surface area contributed by atoms with Crippen LogP contribution in [0.25, 0.3) is 0 Å². The van der Waals surface area contributed by atoms with E-state index in [4.69, 9.17) is 0 Å². The van der Waals surface area contributed by atoms with Crippen molar-refractivity contribution in [2.24, 2.45) is 0 Å². The third-order valence-electron chi connectivity index (χ3n) is 4.84. The standard InChI is InChI=1S/C20H27N3O3S2/c1-2-22(15-19-7-6-14-27-19)20(24)16-28(25,26)21-17-8-10-18(11-9-17)23-12-4-3-5-13-23/h6-11,14,21H,2-5,12-13,15-16H2,1H3. The molecule has 0 aliphatic carbocycles. The number of amides is 1. The Kier molecular flexibility index (Phi) is 6.96. The van der Waals surface area contributed by atoms with E-state index in [9.17, 15) is 13.2 Å². The number of piperidine rings is 1. The van der Waals surface area contributed by atoms with Crippen molar-refractivity contribution in [3.63, 3.8) is 0 Å². The van der Waals surface area contributed by atoms with Crippen molar-refractivity contribution in [2.75, 3.05) is 35.0 Å². The topological polar surface area (TPSA) is 69.7 Å². The molecule has 1 aliphatic heterocycles. The summed E-state index contributed by atoms with van der Waals surface area (Å²) in [5, 5.41) is 1.94. The molecule has 0 saturated carbocycles. The van der Waals surface area contributed by atoms with E-state index in [1.807, 2.05) is 36.6 Å². The van der Waals surface area contributed by atoms with Gasteiger partial charge < -0.3 is 9.80 Å². The van der Waals surface area contributed by atoms with Crippen LogP contribution in [0.15, 0.2) is 41.8 Å². The van der Waals surface area contributed by atoms with Gasteiger partial charge in [-0.2, -0.15) is 0 Å². The summed E-state index contributed by atoms with van der Waals surface area (Å²) in [6.45, 7) is 4.84. The lowest BCUT2D eigenvalue weighted by molar-refractivity contribution is -0.128. The van der Waals surface area contributed by atoms with Crippen molar-refractivity contribution in [1.29, 1.82) is 0 Å². The van der Waals surface area contributed by atoms with Crippen LogP contribution in [0.4, 0.5) is 11.4 Å². The first-order chi connectivity index (χ1) is 13.5. The Labute approximate surface area is 171 Å². The highest BCUT2D eigenvalue weighted by molar-refractivity contribution is 7.93. The molecule has 6 nitrogen and oxygen atoms in total. The lowest BCUT2D eigenvalue weighted by Gasteiger charge is -2.28. The summed E-state index contributed by atoms with van der Waals surface area (Å²) in [6, 6.07) is 11.2. The van der Waals surface area contributed by atoms with Crippen LogP contribution in [0.1, 0.15) is 31.1 Å². The van der Waals surface area contributed by atoms with Gasteiger partial charge in [0.15, 0.2) is 0 Å². The maximum atomic E-state index is 12.5. The molecule has 1 saturated heterocycles. The Morgan fingerprint density at radius 1 is 1.14 bits per heavy atom. The zero-order valence-corrected chi connectivity index (χ0v) is 17.8. The van der Waals surface area contributed by atoms with Gasteiger partial charge in [-0.15, -0.1) is 11.3 Å². The fraction of sp³-hybridized carbons (Fsp3) is 0.450. The number of rotatable bonds is 8. The summed E-state index contributed by atoms with van der Waals surface area (Å²) in [7, 11) is -3.76. The molecule has 152 valence electrons. The van der Waals surface area contributed by atoms with Crippen LogP contribution in [-0.4, -0.2) is 44.6 Å². The summed E-state index contributed by atoms with van der Waals surface area (Å²) in [4.78, 5) is 17.4. The van der Waals surface area contributed by atoms with Crippen molar-refractivity contribution < 1.29 is 13.2 Å². The van der Waals surface area contributed by atoms with E-state index >= 15 is 0 Å². The van der Waals surface area contributed by atoms with Crippen LogP contribution in [0.3, 0.4) is 0 Å². The van der Waals surface area contributed by atoms with E-state index in [1.54, 1.807) is 28.4 Å². The van der Waals surface area contributed by atoms with Gasteiger partial charge >= 0.3 is 0 Å². The molecule has 1 N–H and O–H groups in total. The zero-order valence-electron chi connectivity index (χ0n) is 16.1. The van der Waals surface area contributed by atoms with Gasteiger partial charge in [-0.05, 0) is 61.9 Å². The number of hydrogen-bond donors (Lipinski definition) is 1.